The first-order valence-electron chi connectivity index (χ1n) is 5.68. The fourth-order valence-electron chi connectivity index (χ4n) is 1.42. The van der Waals surface area contributed by atoms with E-state index < -0.39 is 17.5 Å². The third-order valence-corrected chi connectivity index (χ3v) is 2.55. The first kappa shape index (κ1) is 15.5. The van der Waals surface area contributed by atoms with E-state index in [2.05, 4.69) is 0 Å². The second-order valence-corrected chi connectivity index (χ2v) is 4.04. The van der Waals surface area contributed by atoms with Gasteiger partial charge in [-0.3, -0.25) is 0 Å². The molecule has 0 aromatic heterocycles. The summed E-state index contributed by atoms with van der Waals surface area (Å²) in [5.41, 5.74) is -1.74. The molecule has 4 N–H and O–H groups in total. The van der Waals surface area contributed by atoms with Crippen LogP contribution in [0.25, 0.3) is 0 Å². The first-order valence-corrected chi connectivity index (χ1v) is 5.68. The molecular weight excluding hydrogens is 264 g/mol. The Morgan fingerprint density at radius 2 is 1.75 bits per heavy atom. The molecule has 6 heteroatoms. The van der Waals surface area contributed by atoms with Crippen LogP contribution in [-0.2, 0) is 4.79 Å². The molecule has 0 saturated carbocycles. The van der Waals surface area contributed by atoms with Gasteiger partial charge in [-0.2, -0.15) is 0 Å². The number of aromatic hydroxyl groups is 1. The predicted octanol–water partition coefficient (Wildman–Crippen LogP) is 1.41. The fraction of sp³-hybridized carbons (Fsp3) is 0.143. The number of phenols is 1. The average Bonchev–Trinajstić information content (AvgIpc) is 2.40. The number of carboxylic acids is 2. The molecule has 1 atom stereocenters. The summed E-state index contributed by atoms with van der Waals surface area (Å²) in [6, 6.07) is 5.81. The van der Waals surface area contributed by atoms with Crippen LogP contribution < -0.4 is 0 Å². The zero-order chi connectivity index (χ0) is 15.2. The van der Waals surface area contributed by atoms with Crippen LogP contribution in [0.5, 0.6) is 5.75 Å². The number of carbonyl (C=O) groups is 2. The Bertz CT molecular complexity index is 561. The van der Waals surface area contributed by atoms with Crippen LogP contribution in [0.1, 0.15) is 16.8 Å². The van der Waals surface area contributed by atoms with Crippen molar-refractivity contribution in [3.05, 3.63) is 54.1 Å². The van der Waals surface area contributed by atoms with E-state index in [1.54, 1.807) is 24.3 Å². The maximum absolute atomic E-state index is 10.3. The minimum absolute atomic E-state index is 0.0671. The average molecular weight is 278 g/mol. The van der Waals surface area contributed by atoms with Gasteiger partial charge >= 0.3 is 11.9 Å². The topological polar surface area (TPSA) is 115 Å². The molecule has 0 spiro atoms. The molecule has 0 heterocycles. The van der Waals surface area contributed by atoms with Crippen molar-refractivity contribution in [2.45, 2.75) is 12.0 Å². The third-order valence-electron chi connectivity index (χ3n) is 2.55. The lowest BCUT2D eigenvalue weighted by Gasteiger charge is -2.18. The van der Waals surface area contributed by atoms with Gasteiger partial charge in [0.1, 0.15) is 11.3 Å². The highest BCUT2D eigenvalue weighted by molar-refractivity contribution is 5.90. The van der Waals surface area contributed by atoms with Gasteiger partial charge < -0.3 is 20.4 Å². The number of benzene rings is 1. The van der Waals surface area contributed by atoms with Crippen LogP contribution in [0.15, 0.2) is 48.6 Å². The lowest BCUT2D eigenvalue weighted by molar-refractivity contribution is -0.153. The van der Waals surface area contributed by atoms with Crippen LogP contribution in [0.4, 0.5) is 0 Å². The molecule has 1 aliphatic carbocycles. The van der Waals surface area contributed by atoms with E-state index in [0.717, 1.165) is 0 Å². The van der Waals surface area contributed by atoms with E-state index in [1.165, 1.54) is 24.3 Å². The summed E-state index contributed by atoms with van der Waals surface area (Å²) in [6.45, 7) is 0. The molecule has 106 valence electrons. The largest absolute Gasteiger partial charge is 0.507 e. The number of aromatic carboxylic acids is 1. The van der Waals surface area contributed by atoms with Crippen molar-refractivity contribution in [3.8, 4) is 5.75 Å². The monoisotopic (exact) mass is 278 g/mol. The van der Waals surface area contributed by atoms with E-state index in [1.807, 2.05) is 0 Å². The molecule has 1 aliphatic rings. The van der Waals surface area contributed by atoms with E-state index in [-0.39, 0.29) is 17.7 Å². The highest BCUT2D eigenvalue weighted by Crippen LogP contribution is 2.17. The standard InChI is InChI=1S/C7H8O3.C7H6O3/c8-6(9)7(10)4-2-1-3-5-7;8-6-4-2-1-3-5(6)7(9)10/h1-4,10H,5H2,(H,8,9);1-4,8H,(H,9,10). The number of rotatable bonds is 2. The van der Waals surface area contributed by atoms with Crippen molar-refractivity contribution in [2.75, 3.05) is 0 Å². The van der Waals surface area contributed by atoms with Gasteiger partial charge in [0.15, 0.2) is 5.60 Å². The van der Waals surface area contributed by atoms with Gasteiger partial charge in [-0.25, -0.2) is 9.59 Å². The first-order chi connectivity index (χ1) is 9.37. The number of hydrogen-bond acceptors (Lipinski definition) is 4. The van der Waals surface area contributed by atoms with Crippen molar-refractivity contribution in [2.24, 2.45) is 0 Å². The molecule has 0 fully saturated rings. The number of aliphatic carboxylic acids is 1. The summed E-state index contributed by atoms with van der Waals surface area (Å²) in [5.74, 6) is -2.51. The summed E-state index contributed by atoms with van der Waals surface area (Å²) >= 11 is 0. The van der Waals surface area contributed by atoms with Gasteiger partial charge in [0.2, 0.25) is 0 Å². The molecule has 0 saturated heterocycles. The Morgan fingerprint density at radius 1 is 1.10 bits per heavy atom. The summed E-state index contributed by atoms with van der Waals surface area (Å²) in [4.78, 5) is 20.6. The van der Waals surface area contributed by atoms with Gasteiger partial charge in [-0.05, 0) is 18.2 Å². The maximum Gasteiger partial charge on any atom is 0.340 e. The Hall–Kier alpha value is -2.60. The Balaban J connectivity index is 0.000000200. The Labute approximate surface area is 114 Å². The molecule has 0 radical (unpaired) electrons. The highest BCUT2D eigenvalue weighted by atomic mass is 16.4. The van der Waals surface area contributed by atoms with E-state index in [0.29, 0.717) is 0 Å². The van der Waals surface area contributed by atoms with E-state index in [9.17, 15) is 14.7 Å². The molecule has 1 aromatic rings. The van der Waals surface area contributed by atoms with Crippen molar-refractivity contribution in [1.82, 2.24) is 0 Å². The highest BCUT2D eigenvalue weighted by Gasteiger charge is 2.32. The third kappa shape index (κ3) is 3.96. The minimum atomic E-state index is -1.67. The number of allylic oxidation sites excluding steroid dienone is 2. The van der Waals surface area contributed by atoms with Crippen LogP contribution >= 0.6 is 0 Å². The molecule has 2 rings (SSSR count). The second kappa shape index (κ2) is 6.53. The molecule has 0 bridgehead atoms. The van der Waals surface area contributed by atoms with Crippen molar-refractivity contribution < 1.29 is 30.0 Å². The SMILES string of the molecule is O=C(O)C1(O)C=CC=CC1.O=C(O)c1ccccc1O. The number of aliphatic hydroxyl groups is 1. The van der Waals surface area contributed by atoms with Crippen LogP contribution in [0.2, 0.25) is 0 Å². The number of hydrogen-bond donors (Lipinski definition) is 4. The quantitative estimate of drug-likeness (QED) is 0.650. The lowest BCUT2D eigenvalue weighted by atomic mass is 9.96. The predicted molar refractivity (Wildman–Crippen MR) is 70.5 cm³/mol. The van der Waals surface area contributed by atoms with Gasteiger partial charge in [0.25, 0.3) is 0 Å². The van der Waals surface area contributed by atoms with Crippen LogP contribution in [0, 0.1) is 0 Å². The minimum Gasteiger partial charge on any atom is -0.507 e. The van der Waals surface area contributed by atoms with Crippen LogP contribution in [-0.4, -0.2) is 38.0 Å². The molecule has 0 amide bonds. The smallest absolute Gasteiger partial charge is 0.340 e. The fourth-order valence-corrected chi connectivity index (χ4v) is 1.42. The number of carboxylic acid groups (broad SMARTS) is 2. The zero-order valence-corrected chi connectivity index (χ0v) is 10.4. The normalized spacial score (nSPS) is 19.9. The van der Waals surface area contributed by atoms with Crippen molar-refractivity contribution in [3.63, 3.8) is 0 Å². The maximum atomic E-state index is 10.3. The summed E-state index contributed by atoms with van der Waals surface area (Å²) < 4.78 is 0. The number of para-hydroxylation sites is 1. The molecule has 1 unspecified atom stereocenters. The van der Waals surface area contributed by atoms with Crippen LogP contribution in [0.3, 0.4) is 0 Å². The second-order valence-electron chi connectivity index (χ2n) is 4.04. The Morgan fingerprint density at radius 3 is 2.10 bits per heavy atom. The zero-order valence-electron chi connectivity index (χ0n) is 10.4. The molecule has 0 aliphatic heterocycles. The van der Waals surface area contributed by atoms with Gasteiger partial charge in [-0.15, -0.1) is 0 Å². The summed E-state index contributed by atoms with van der Waals surface area (Å²) in [6.07, 6.45) is 6.28. The van der Waals surface area contributed by atoms with E-state index in [4.69, 9.17) is 15.3 Å². The van der Waals surface area contributed by atoms with E-state index >= 15 is 0 Å². The van der Waals surface area contributed by atoms with Gasteiger partial charge in [0, 0.05) is 6.42 Å². The lowest BCUT2D eigenvalue weighted by Crippen LogP contribution is -2.36. The molecule has 20 heavy (non-hydrogen) atoms. The summed E-state index contributed by atoms with van der Waals surface area (Å²) in [5, 5.41) is 35.0. The molecule has 1 aromatic carbocycles. The summed E-state index contributed by atoms with van der Waals surface area (Å²) in [7, 11) is 0. The molecule has 6 nitrogen and oxygen atoms in total. The Kier molecular flexibility index (Phi) is 5.05. The van der Waals surface area contributed by atoms with Gasteiger partial charge in [0.05, 0.1) is 0 Å². The van der Waals surface area contributed by atoms with Crippen molar-refractivity contribution in [1.29, 1.82) is 0 Å². The van der Waals surface area contributed by atoms with Gasteiger partial charge in [-0.1, -0.05) is 30.4 Å². The molecular formula is C14H14O6. The van der Waals surface area contributed by atoms with Crippen molar-refractivity contribution >= 4 is 11.9 Å².